The molecule has 0 unspecified atom stereocenters. The van der Waals surface area contributed by atoms with E-state index in [0.717, 1.165) is 12.0 Å². The van der Waals surface area contributed by atoms with Gasteiger partial charge in [-0.2, -0.15) is 0 Å². The Balaban J connectivity index is 2.36. The zero-order chi connectivity index (χ0) is 11.1. The average molecular weight is 207 g/mol. The zero-order valence-electron chi connectivity index (χ0n) is 8.72. The third-order valence-corrected chi connectivity index (χ3v) is 3.06. The molecule has 0 radical (unpaired) electrons. The molecule has 0 aromatic heterocycles. The molecular formula is C12H14FNO. The van der Waals surface area contributed by atoms with Gasteiger partial charge >= 0.3 is 0 Å². The number of hydrogen-bond acceptors (Lipinski definition) is 2. The molecule has 1 aliphatic carbocycles. The molecule has 1 aromatic carbocycles. The number of hydrogen-bond donors (Lipinski definition) is 1. The van der Waals surface area contributed by atoms with Crippen molar-refractivity contribution in [2.75, 3.05) is 0 Å². The third-order valence-electron chi connectivity index (χ3n) is 3.06. The van der Waals surface area contributed by atoms with Gasteiger partial charge in [-0.3, -0.25) is 4.79 Å². The van der Waals surface area contributed by atoms with Gasteiger partial charge in [0, 0.05) is 0 Å². The Morgan fingerprint density at radius 2 is 2.13 bits per heavy atom. The molecule has 0 atom stereocenters. The van der Waals surface area contributed by atoms with Gasteiger partial charge in [0.2, 0.25) is 0 Å². The molecule has 1 fully saturated rings. The number of carbonyl (C=O) groups is 1. The molecule has 3 heteroatoms. The first-order chi connectivity index (χ1) is 7.03. The van der Waals surface area contributed by atoms with Gasteiger partial charge in [-0.05, 0) is 38.3 Å². The molecule has 0 heterocycles. The van der Waals surface area contributed by atoms with Crippen molar-refractivity contribution < 1.29 is 9.18 Å². The van der Waals surface area contributed by atoms with Crippen LogP contribution in [0.4, 0.5) is 4.39 Å². The topological polar surface area (TPSA) is 43.1 Å². The van der Waals surface area contributed by atoms with E-state index in [4.69, 9.17) is 5.73 Å². The fraction of sp³-hybridized carbons (Fsp3) is 0.417. The zero-order valence-corrected chi connectivity index (χ0v) is 8.72. The maximum atomic E-state index is 13.4. The summed E-state index contributed by atoms with van der Waals surface area (Å²) in [6.07, 6.45) is 2.29. The predicted molar refractivity (Wildman–Crippen MR) is 56.2 cm³/mol. The number of ketones is 1. The molecule has 0 saturated heterocycles. The molecule has 1 aliphatic rings. The molecule has 1 aromatic rings. The Hall–Kier alpha value is -1.22. The van der Waals surface area contributed by atoms with Gasteiger partial charge < -0.3 is 5.73 Å². The SMILES string of the molecule is Cc1ccc(F)c(C(=O)C2(N)CCC2)c1. The second-order valence-corrected chi connectivity index (χ2v) is 4.32. The summed E-state index contributed by atoms with van der Waals surface area (Å²) in [5.41, 5.74) is 6.08. The van der Waals surface area contributed by atoms with E-state index in [9.17, 15) is 9.18 Å². The van der Waals surface area contributed by atoms with E-state index >= 15 is 0 Å². The van der Waals surface area contributed by atoms with E-state index in [1.165, 1.54) is 6.07 Å². The van der Waals surface area contributed by atoms with Crippen molar-refractivity contribution >= 4 is 5.78 Å². The highest BCUT2D eigenvalue weighted by Gasteiger charge is 2.41. The van der Waals surface area contributed by atoms with Crippen LogP contribution in [0.3, 0.4) is 0 Å². The largest absolute Gasteiger partial charge is 0.319 e. The summed E-state index contributed by atoms with van der Waals surface area (Å²) in [7, 11) is 0. The molecule has 0 spiro atoms. The van der Waals surface area contributed by atoms with Gasteiger partial charge in [0.05, 0.1) is 11.1 Å². The molecule has 0 amide bonds. The normalized spacial score (nSPS) is 18.3. The molecule has 80 valence electrons. The molecular weight excluding hydrogens is 193 g/mol. The Labute approximate surface area is 88.3 Å². The van der Waals surface area contributed by atoms with E-state index in [2.05, 4.69) is 0 Å². The summed E-state index contributed by atoms with van der Waals surface area (Å²) in [4.78, 5) is 12.0. The van der Waals surface area contributed by atoms with Gasteiger partial charge in [-0.15, -0.1) is 0 Å². The Morgan fingerprint density at radius 3 is 2.67 bits per heavy atom. The molecule has 2 N–H and O–H groups in total. The van der Waals surface area contributed by atoms with Crippen LogP contribution in [0.1, 0.15) is 35.2 Å². The van der Waals surface area contributed by atoms with Crippen LogP contribution in [-0.4, -0.2) is 11.3 Å². The van der Waals surface area contributed by atoms with Gasteiger partial charge in [-0.25, -0.2) is 4.39 Å². The minimum atomic E-state index is -0.811. The van der Waals surface area contributed by atoms with E-state index in [1.807, 2.05) is 6.92 Å². The van der Waals surface area contributed by atoms with Crippen LogP contribution in [0, 0.1) is 12.7 Å². The fourth-order valence-corrected chi connectivity index (χ4v) is 1.87. The molecule has 1 saturated carbocycles. The molecule has 15 heavy (non-hydrogen) atoms. The van der Waals surface area contributed by atoms with Crippen molar-refractivity contribution in [1.82, 2.24) is 0 Å². The maximum Gasteiger partial charge on any atom is 0.185 e. The smallest absolute Gasteiger partial charge is 0.185 e. The van der Waals surface area contributed by atoms with Crippen molar-refractivity contribution in [2.24, 2.45) is 5.73 Å². The van der Waals surface area contributed by atoms with Crippen molar-refractivity contribution in [3.8, 4) is 0 Å². The summed E-state index contributed by atoms with van der Waals surface area (Å²) >= 11 is 0. The van der Waals surface area contributed by atoms with Crippen LogP contribution < -0.4 is 5.73 Å². The highest BCUT2D eigenvalue weighted by molar-refractivity contribution is 6.04. The van der Waals surface area contributed by atoms with Crippen molar-refractivity contribution in [3.05, 3.63) is 35.1 Å². The molecule has 0 aliphatic heterocycles. The average Bonchev–Trinajstić information content (AvgIpc) is 2.17. The summed E-state index contributed by atoms with van der Waals surface area (Å²) in [5, 5.41) is 0. The second kappa shape index (κ2) is 3.42. The lowest BCUT2D eigenvalue weighted by Gasteiger charge is -2.36. The first-order valence-electron chi connectivity index (χ1n) is 5.13. The second-order valence-electron chi connectivity index (χ2n) is 4.32. The van der Waals surface area contributed by atoms with Crippen molar-refractivity contribution in [3.63, 3.8) is 0 Å². The number of rotatable bonds is 2. The van der Waals surface area contributed by atoms with E-state index in [-0.39, 0.29) is 11.3 Å². The van der Waals surface area contributed by atoms with E-state index in [1.54, 1.807) is 12.1 Å². The lowest BCUT2D eigenvalue weighted by atomic mass is 9.72. The first kappa shape index (κ1) is 10.3. The lowest BCUT2D eigenvalue weighted by molar-refractivity contribution is 0.0796. The summed E-state index contributed by atoms with van der Waals surface area (Å²) in [6.45, 7) is 1.83. The van der Waals surface area contributed by atoms with Gasteiger partial charge in [0.1, 0.15) is 5.82 Å². The predicted octanol–water partition coefficient (Wildman–Crippen LogP) is 2.20. The molecule has 0 bridgehead atoms. The molecule has 2 nitrogen and oxygen atoms in total. The number of aryl methyl sites for hydroxylation is 1. The van der Waals surface area contributed by atoms with Crippen LogP contribution in [0.2, 0.25) is 0 Å². The highest BCUT2D eigenvalue weighted by atomic mass is 19.1. The van der Waals surface area contributed by atoms with Crippen LogP contribution in [0.5, 0.6) is 0 Å². The van der Waals surface area contributed by atoms with Crippen molar-refractivity contribution in [1.29, 1.82) is 0 Å². The Bertz CT molecular complexity index is 410. The first-order valence-corrected chi connectivity index (χ1v) is 5.13. The quantitative estimate of drug-likeness (QED) is 0.755. The summed E-state index contributed by atoms with van der Waals surface area (Å²) in [5.74, 6) is -0.725. The van der Waals surface area contributed by atoms with Gasteiger partial charge in [-0.1, -0.05) is 11.6 Å². The summed E-state index contributed by atoms with van der Waals surface area (Å²) < 4.78 is 13.4. The third kappa shape index (κ3) is 1.67. The number of benzene rings is 1. The fourth-order valence-electron chi connectivity index (χ4n) is 1.87. The number of carbonyl (C=O) groups excluding carboxylic acids is 1. The number of nitrogens with two attached hydrogens (primary N) is 1. The minimum absolute atomic E-state index is 0.136. The Kier molecular flexibility index (Phi) is 2.35. The monoisotopic (exact) mass is 207 g/mol. The number of Topliss-reactive ketones (excluding diaryl/α,β-unsaturated/α-hetero) is 1. The summed E-state index contributed by atoms with van der Waals surface area (Å²) in [6, 6.07) is 4.55. The van der Waals surface area contributed by atoms with Crippen molar-refractivity contribution in [2.45, 2.75) is 31.7 Å². The van der Waals surface area contributed by atoms with E-state index in [0.29, 0.717) is 12.8 Å². The van der Waals surface area contributed by atoms with Crippen LogP contribution in [0.25, 0.3) is 0 Å². The standard InChI is InChI=1S/C12H14FNO/c1-8-3-4-10(13)9(7-8)11(15)12(14)5-2-6-12/h3-4,7H,2,5-6,14H2,1H3. The Morgan fingerprint density at radius 1 is 1.47 bits per heavy atom. The van der Waals surface area contributed by atoms with Crippen LogP contribution in [0.15, 0.2) is 18.2 Å². The van der Waals surface area contributed by atoms with Crippen LogP contribution in [-0.2, 0) is 0 Å². The van der Waals surface area contributed by atoms with Crippen LogP contribution >= 0.6 is 0 Å². The highest BCUT2D eigenvalue weighted by Crippen LogP contribution is 2.33. The van der Waals surface area contributed by atoms with Gasteiger partial charge in [0.15, 0.2) is 5.78 Å². The lowest BCUT2D eigenvalue weighted by Crippen LogP contribution is -2.53. The van der Waals surface area contributed by atoms with E-state index < -0.39 is 11.4 Å². The maximum absolute atomic E-state index is 13.4. The number of halogens is 1. The minimum Gasteiger partial charge on any atom is -0.319 e. The molecule has 2 rings (SSSR count). The van der Waals surface area contributed by atoms with Gasteiger partial charge in [0.25, 0.3) is 0 Å².